The lowest BCUT2D eigenvalue weighted by molar-refractivity contribution is -0.139. The maximum atomic E-state index is 13.8. The van der Waals surface area contributed by atoms with Crippen molar-refractivity contribution in [1.82, 2.24) is 4.57 Å². The Morgan fingerprint density at radius 3 is 2.43 bits per heavy atom. The van der Waals surface area contributed by atoms with Crippen molar-refractivity contribution in [2.24, 2.45) is 4.99 Å². The number of aromatic carboxylic acids is 1. The molecule has 1 aliphatic heterocycles. The summed E-state index contributed by atoms with van der Waals surface area (Å²) < 4.78 is 18.5. The van der Waals surface area contributed by atoms with Gasteiger partial charge in [0.25, 0.3) is 5.56 Å². The van der Waals surface area contributed by atoms with E-state index < -0.39 is 18.0 Å². The van der Waals surface area contributed by atoms with Gasteiger partial charge in [0.1, 0.15) is 18.1 Å². The van der Waals surface area contributed by atoms with Crippen molar-refractivity contribution >= 4 is 29.4 Å². The number of methoxy groups -OCH3 is 1. The van der Waals surface area contributed by atoms with Gasteiger partial charge in [0.15, 0.2) is 4.80 Å². The topological polar surface area (TPSA) is 116 Å². The molecule has 10 heteroatoms. The van der Waals surface area contributed by atoms with E-state index in [1.54, 1.807) is 74.1 Å². The van der Waals surface area contributed by atoms with Crippen LogP contribution in [0, 0.1) is 0 Å². The molecule has 1 N–H and O–H groups in total. The van der Waals surface area contributed by atoms with Crippen LogP contribution in [0.3, 0.4) is 0 Å². The second kappa shape index (κ2) is 12.3. The highest BCUT2D eigenvalue weighted by Gasteiger charge is 2.33. The molecule has 0 radical (unpaired) electrons. The number of hydrogen-bond acceptors (Lipinski definition) is 8. The number of carboxylic acid groups (broad SMARTS) is 1. The number of nitrogens with zero attached hydrogens (tertiary/aromatic N) is 2. The summed E-state index contributed by atoms with van der Waals surface area (Å²) in [6, 6.07) is 20.3. The van der Waals surface area contributed by atoms with E-state index in [2.05, 4.69) is 4.99 Å². The molecular weight excluding hydrogens is 556 g/mol. The number of fused-ring (bicyclic) bond motifs is 1. The molecular formula is C32H28N2O7S. The van der Waals surface area contributed by atoms with E-state index in [-0.39, 0.29) is 24.3 Å². The SMILES string of the molecule is CCOC(=O)C1=C(C)N=c2s/c(=C\c3ccc(OCc4cccc(C(=O)O)c4)cc3)c(=O)n2[C@H]1c1ccc(OC)cc1. The van der Waals surface area contributed by atoms with Crippen molar-refractivity contribution in [3.8, 4) is 11.5 Å². The molecule has 0 fully saturated rings. The third-order valence-electron chi connectivity index (χ3n) is 6.71. The number of carbonyl (C=O) groups is 2. The number of hydrogen-bond donors (Lipinski definition) is 1. The predicted octanol–water partition coefficient (Wildman–Crippen LogP) is 4.08. The Labute approximate surface area is 245 Å². The van der Waals surface area contributed by atoms with E-state index in [1.165, 1.54) is 17.4 Å². The molecule has 5 rings (SSSR count). The van der Waals surface area contributed by atoms with Crippen LogP contribution < -0.4 is 24.4 Å². The van der Waals surface area contributed by atoms with E-state index >= 15 is 0 Å². The van der Waals surface area contributed by atoms with Crippen LogP contribution in [0.4, 0.5) is 0 Å². The molecule has 1 aromatic heterocycles. The van der Waals surface area contributed by atoms with Gasteiger partial charge in [-0.1, -0.05) is 47.7 Å². The van der Waals surface area contributed by atoms with E-state index in [0.717, 1.165) is 16.7 Å². The molecule has 4 aromatic rings. The fraction of sp³-hybridized carbons (Fsp3) is 0.188. The molecule has 3 aromatic carbocycles. The number of benzene rings is 3. The number of carbonyl (C=O) groups excluding carboxylic acids is 1. The van der Waals surface area contributed by atoms with Gasteiger partial charge in [-0.15, -0.1) is 0 Å². The Kier molecular flexibility index (Phi) is 8.35. The van der Waals surface area contributed by atoms with Crippen LogP contribution in [0.1, 0.15) is 46.9 Å². The summed E-state index contributed by atoms with van der Waals surface area (Å²) in [7, 11) is 1.57. The van der Waals surface area contributed by atoms with E-state index in [4.69, 9.17) is 14.2 Å². The van der Waals surface area contributed by atoms with Gasteiger partial charge in [0, 0.05) is 0 Å². The number of thiazole rings is 1. The van der Waals surface area contributed by atoms with Crippen LogP contribution in [-0.2, 0) is 16.1 Å². The summed E-state index contributed by atoms with van der Waals surface area (Å²) in [5.74, 6) is -0.248. The smallest absolute Gasteiger partial charge is 0.338 e. The van der Waals surface area contributed by atoms with Gasteiger partial charge in [0.05, 0.1) is 41.1 Å². The molecule has 1 aliphatic rings. The first kappa shape index (κ1) is 28.6. The summed E-state index contributed by atoms with van der Waals surface area (Å²) in [5, 5.41) is 9.18. The highest BCUT2D eigenvalue weighted by atomic mass is 32.1. The van der Waals surface area contributed by atoms with Crippen LogP contribution in [0.2, 0.25) is 0 Å². The number of esters is 1. The minimum atomic E-state index is -0.992. The first-order valence-electron chi connectivity index (χ1n) is 13.2. The van der Waals surface area contributed by atoms with Gasteiger partial charge in [-0.2, -0.15) is 0 Å². The Bertz CT molecular complexity index is 1850. The summed E-state index contributed by atoms with van der Waals surface area (Å²) >= 11 is 1.25. The first-order valence-corrected chi connectivity index (χ1v) is 14.0. The fourth-order valence-corrected chi connectivity index (χ4v) is 5.71. The first-order chi connectivity index (χ1) is 20.3. The standard InChI is InChI=1S/C32H28N2O7S/c1-4-40-31(38)27-19(2)33-32-34(28(27)22-10-14-24(39-3)15-11-22)29(35)26(42-32)17-20-8-12-25(13-9-20)41-18-21-6-5-7-23(16-21)30(36)37/h5-17,28H,4,18H2,1-3H3,(H,36,37)/b26-17-/t28-/m0/s1. The maximum absolute atomic E-state index is 13.8. The second-order valence-electron chi connectivity index (χ2n) is 9.44. The Hall–Kier alpha value is -4.96. The molecule has 0 amide bonds. The van der Waals surface area contributed by atoms with Crippen LogP contribution >= 0.6 is 11.3 Å². The average molecular weight is 585 g/mol. The van der Waals surface area contributed by atoms with Gasteiger partial charge in [0.2, 0.25) is 0 Å². The normalized spacial score (nSPS) is 14.6. The van der Waals surface area contributed by atoms with Gasteiger partial charge < -0.3 is 19.3 Å². The zero-order chi connectivity index (χ0) is 29.8. The lowest BCUT2D eigenvalue weighted by Gasteiger charge is -2.24. The Morgan fingerprint density at radius 1 is 1.05 bits per heavy atom. The van der Waals surface area contributed by atoms with Gasteiger partial charge >= 0.3 is 11.9 Å². The van der Waals surface area contributed by atoms with Gasteiger partial charge in [-0.25, -0.2) is 14.6 Å². The summed E-state index contributed by atoms with van der Waals surface area (Å²) in [6.07, 6.45) is 1.78. The molecule has 0 bridgehead atoms. The van der Waals surface area contributed by atoms with Crippen LogP contribution in [-0.4, -0.2) is 35.3 Å². The molecule has 0 aliphatic carbocycles. The number of ether oxygens (including phenoxy) is 3. The van der Waals surface area contributed by atoms with E-state index in [0.29, 0.717) is 32.1 Å². The van der Waals surface area contributed by atoms with Crippen LogP contribution in [0.5, 0.6) is 11.5 Å². The van der Waals surface area contributed by atoms with Gasteiger partial charge in [-0.3, -0.25) is 9.36 Å². The molecule has 9 nitrogen and oxygen atoms in total. The minimum Gasteiger partial charge on any atom is -0.497 e. The van der Waals surface area contributed by atoms with Crippen molar-refractivity contribution in [3.63, 3.8) is 0 Å². The second-order valence-corrected chi connectivity index (χ2v) is 10.4. The zero-order valence-electron chi connectivity index (χ0n) is 23.2. The quantitative estimate of drug-likeness (QED) is 0.295. The maximum Gasteiger partial charge on any atom is 0.338 e. The molecule has 0 unspecified atom stereocenters. The van der Waals surface area contributed by atoms with E-state index in [1.807, 2.05) is 24.3 Å². The lowest BCUT2D eigenvalue weighted by Crippen LogP contribution is -2.39. The molecule has 2 heterocycles. The van der Waals surface area contributed by atoms with Crippen molar-refractivity contribution in [2.45, 2.75) is 26.5 Å². The molecule has 0 spiro atoms. The Balaban J connectivity index is 1.46. The van der Waals surface area contributed by atoms with Crippen LogP contribution in [0.25, 0.3) is 6.08 Å². The monoisotopic (exact) mass is 584 g/mol. The molecule has 0 saturated carbocycles. The number of aromatic nitrogens is 1. The zero-order valence-corrected chi connectivity index (χ0v) is 24.0. The molecule has 0 saturated heterocycles. The van der Waals surface area contributed by atoms with Crippen molar-refractivity contribution in [2.75, 3.05) is 13.7 Å². The highest BCUT2D eigenvalue weighted by molar-refractivity contribution is 7.07. The molecule has 42 heavy (non-hydrogen) atoms. The van der Waals surface area contributed by atoms with E-state index in [9.17, 15) is 19.5 Å². The number of allylic oxidation sites excluding steroid dienone is 1. The van der Waals surface area contributed by atoms with Gasteiger partial charge in [-0.05, 0) is 73.0 Å². The fourth-order valence-electron chi connectivity index (χ4n) is 4.67. The Morgan fingerprint density at radius 2 is 1.76 bits per heavy atom. The van der Waals surface area contributed by atoms with Crippen molar-refractivity contribution in [1.29, 1.82) is 0 Å². The van der Waals surface area contributed by atoms with Crippen molar-refractivity contribution in [3.05, 3.63) is 126 Å². The van der Waals surface area contributed by atoms with Crippen LogP contribution in [0.15, 0.2) is 93.9 Å². The molecule has 1 atom stereocenters. The number of rotatable bonds is 9. The highest BCUT2D eigenvalue weighted by Crippen LogP contribution is 2.31. The van der Waals surface area contributed by atoms with Crippen molar-refractivity contribution < 1.29 is 28.9 Å². The summed E-state index contributed by atoms with van der Waals surface area (Å²) in [6.45, 7) is 3.89. The summed E-state index contributed by atoms with van der Waals surface area (Å²) in [5.41, 5.74) is 3.00. The average Bonchev–Trinajstić information content (AvgIpc) is 3.30. The largest absolute Gasteiger partial charge is 0.497 e. The number of carboxylic acids is 1. The molecule has 214 valence electrons. The lowest BCUT2D eigenvalue weighted by atomic mass is 9.96. The minimum absolute atomic E-state index is 0.198. The third-order valence-corrected chi connectivity index (χ3v) is 7.69. The summed E-state index contributed by atoms with van der Waals surface area (Å²) in [4.78, 5) is 43.1. The predicted molar refractivity (Wildman–Crippen MR) is 158 cm³/mol. The third kappa shape index (κ3) is 5.89.